The molecule has 0 aliphatic heterocycles. The van der Waals surface area contributed by atoms with Crippen LogP contribution >= 0.6 is 11.6 Å². The van der Waals surface area contributed by atoms with Crippen LogP contribution in [0.25, 0.3) is 0 Å². The SMILES string of the molecule is CCc1ccc(N(C(CC)CC)S(=O)(=O)c2ccc(Cl)c([N+](=O)[O-])c2)cc1. The monoisotopic (exact) mass is 410 g/mol. The third kappa shape index (κ3) is 4.42. The molecule has 0 fully saturated rings. The Balaban J connectivity index is 2.63. The number of hydrogen-bond acceptors (Lipinski definition) is 4. The number of nitrogens with zero attached hydrogens (tertiary/aromatic N) is 2. The first-order valence-electron chi connectivity index (χ1n) is 8.83. The largest absolute Gasteiger partial charge is 0.289 e. The second-order valence-corrected chi connectivity index (χ2v) is 8.38. The normalized spacial score (nSPS) is 11.6. The van der Waals surface area contributed by atoms with E-state index in [9.17, 15) is 18.5 Å². The predicted molar refractivity (Wildman–Crippen MR) is 108 cm³/mol. The smallest absolute Gasteiger partial charge is 0.263 e. The quantitative estimate of drug-likeness (QED) is 0.442. The highest BCUT2D eigenvalue weighted by Crippen LogP contribution is 2.33. The Morgan fingerprint density at radius 2 is 1.67 bits per heavy atom. The summed E-state index contributed by atoms with van der Waals surface area (Å²) in [5.41, 5.74) is 1.21. The minimum Gasteiger partial charge on any atom is -0.263 e. The lowest BCUT2D eigenvalue weighted by molar-refractivity contribution is -0.384. The third-order valence-electron chi connectivity index (χ3n) is 4.54. The number of anilines is 1. The van der Waals surface area contributed by atoms with Crippen LogP contribution in [0.4, 0.5) is 11.4 Å². The van der Waals surface area contributed by atoms with E-state index in [2.05, 4.69) is 0 Å². The summed E-state index contributed by atoms with van der Waals surface area (Å²) in [5, 5.41) is 11.1. The second kappa shape index (κ2) is 8.71. The number of rotatable bonds is 8. The van der Waals surface area contributed by atoms with Crippen LogP contribution in [0.1, 0.15) is 39.2 Å². The zero-order valence-electron chi connectivity index (χ0n) is 15.6. The summed E-state index contributed by atoms with van der Waals surface area (Å²) in [6.45, 7) is 5.86. The molecule has 2 rings (SSSR count). The van der Waals surface area contributed by atoms with Crippen molar-refractivity contribution in [2.45, 2.75) is 51.0 Å². The molecule has 0 bridgehead atoms. The van der Waals surface area contributed by atoms with Crippen LogP contribution in [-0.2, 0) is 16.4 Å². The first-order valence-corrected chi connectivity index (χ1v) is 10.6. The maximum absolute atomic E-state index is 13.4. The molecular weight excluding hydrogens is 388 g/mol. The van der Waals surface area contributed by atoms with Gasteiger partial charge >= 0.3 is 0 Å². The Kier molecular flexibility index (Phi) is 6.84. The standard InChI is InChI=1S/C19H23ClN2O4S/c1-4-14-7-9-16(10-8-14)21(15(5-2)6-3)27(25,26)17-11-12-18(20)19(13-17)22(23)24/h7-13,15H,4-6H2,1-3H3. The van der Waals surface area contributed by atoms with Gasteiger partial charge in [-0.15, -0.1) is 0 Å². The maximum atomic E-state index is 13.4. The molecule has 27 heavy (non-hydrogen) atoms. The van der Waals surface area contributed by atoms with E-state index in [0.717, 1.165) is 18.1 Å². The molecule has 0 N–H and O–H groups in total. The van der Waals surface area contributed by atoms with E-state index in [1.165, 1.54) is 16.4 Å². The van der Waals surface area contributed by atoms with Gasteiger partial charge in [0.25, 0.3) is 15.7 Å². The van der Waals surface area contributed by atoms with Gasteiger partial charge in [-0.25, -0.2) is 8.42 Å². The van der Waals surface area contributed by atoms with E-state index in [1.807, 2.05) is 32.9 Å². The van der Waals surface area contributed by atoms with Gasteiger partial charge in [0.2, 0.25) is 0 Å². The van der Waals surface area contributed by atoms with E-state index < -0.39 is 20.6 Å². The molecule has 0 aliphatic carbocycles. The van der Waals surface area contributed by atoms with Crippen LogP contribution in [0.2, 0.25) is 5.02 Å². The van der Waals surface area contributed by atoms with Gasteiger partial charge in [0.05, 0.1) is 15.5 Å². The van der Waals surface area contributed by atoms with Gasteiger partial charge in [-0.2, -0.15) is 0 Å². The van der Waals surface area contributed by atoms with Crippen molar-refractivity contribution in [3.8, 4) is 0 Å². The predicted octanol–water partition coefficient (Wildman–Crippen LogP) is 5.19. The highest BCUT2D eigenvalue weighted by atomic mass is 35.5. The molecule has 0 radical (unpaired) electrons. The van der Waals surface area contributed by atoms with Crippen LogP contribution in [0, 0.1) is 10.1 Å². The molecule has 0 saturated heterocycles. The van der Waals surface area contributed by atoms with Crippen molar-refractivity contribution in [2.75, 3.05) is 4.31 Å². The topological polar surface area (TPSA) is 80.5 Å². The average Bonchev–Trinajstić information content (AvgIpc) is 2.65. The summed E-state index contributed by atoms with van der Waals surface area (Å²) in [6.07, 6.45) is 2.07. The Labute approximate surface area is 165 Å². The van der Waals surface area contributed by atoms with Crippen LogP contribution in [-0.4, -0.2) is 19.4 Å². The summed E-state index contributed by atoms with van der Waals surface area (Å²) in [4.78, 5) is 10.3. The van der Waals surface area contributed by atoms with Crippen molar-refractivity contribution in [2.24, 2.45) is 0 Å². The van der Waals surface area contributed by atoms with Gasteiger partial charge in [0.1, 0.15) is 5.02 Å². The van der Waals surface area contributed by atoms with Gasteiger partial charge in [-0.1, -0.05) is 44.5 Å². The fourth-order valence-electron chi connectivity index (χ4n) is 2.95. The summed E-state index contributed by atoms with van der Waals surface area (Å²) in [7, 11) is -4.00. The Morgan fingerprint density at radius 1 is 1.07 bits per heavy atom. The molecule has 0 unspecified atom stereocenters. The molecule has 0 aromatic heterocycles. The molecule has 0 spiro atoms. The lowest BCUT2D eigenvalue weighted by Gasteiger charge is -2.32. The molecular formula is C19H23ClN2O4S. The van der Waals surface area contributed by atoms with Gasteiger partial charge in [-0.3, -0.25) is 14.4 Å². The first-order chi connectivity index (χ1) is 12.8. The molecule has 0 aliphatic rings. The Bertz CT molecular complexity index is 910. The van der Waals surface area contributed by atoms with E-state index in [-0.39, 0.29) is 16.0 Å². The van der Waals surface area contributed by atoms with Crippen LogP contribution in [0.15, 0.2) is 47.4 Å². The summed E-state index contributed by atoms with van der Waals surface area (Å²) in [6, 6.07) is 10.6. The van der Waals surface area contributed by atoms with Gasteiger partial charge < -0.3 is 0 Å². The van der Waals surface area contributed by atoms with Crippen molar-refractivity contribution in [1.29, 1.82) is 0 Å². The molecule has 6 nitrogen and oxygen atoms in total. The number of hydrogen-bond donors (Lipinski definition) is 0. The van der Waals surface area contributed by atoms with Crippen LogP contribution < -0.4 is 4.31 Å². The molecule has 0 amide bonds. The zero-order valence-corrected chi connectivity index (χ0v) is 17.1. The third-order valence-corrected chi connectivity index (χ3v) is 6.74. The highest BCUT2D eigenvalue weighted by Gasteiger charge is 2.31. The van der Waals surface area contributed by atoms with Crippen molar-refractivity contribution in [3.63, 3.8) is 0 Å². The van der Waals surface area contributed by atoms with Crippen molar-refractivity contribution < 1.29 is 13.3 Å². The zero-order chi connectivity index (χ0) is 20.2. The van der Waals surface area contributed by atoms with E-state index >= 15 is 0 Å². The van der Waals surface area contributed by atoms with Crippen LogP contribution in [0.5, 0.6) is 0 Å². The molecule has 2 aromatic carbocycles. The van der Waals surface area contributed by atoms with Crippen molar-refractivity contribution >= 4 is 33.0 Å². The first kappa shape index (κ1) is 21.2. The molecule has 2 aromatic rings. The molecule has 0 saturated carbocycles. The van der Waals surface area contributed by atoms with Gasteiger partial charge in [0, 0.05) is 12.1 Å². The maximum Gasteiger partial charge on any atom is 0.289 e. The van der Waals surface area contributed by atoms with Crippen molar-refractivity contribution in [1.82, 2.24) is 0 Å². The fourth-order valence-corrected chi connectivity index (χ4v) is 4.96. The number of halogens is 1. The van der Waals surface area contributed by atoms with Gasteiger partial charge in [-0.05, 0) is 49.1 Å². The number of nitro benzene ring substituents is 1. The van der Waals surface area contributed by atoms with E-state index in [0.29, 0.717) is 18.5 Å². The summed E-state index contributed by atoms with van der Waals surface area (Å²) < 4.78 is 28.1. The highest BCUT2D eigenvalue weighted by molar-refractivity contribution is 7.92. The average molecular weight is 411 g/mol. The molecule has 8 heteroatoms. The molecule has 0 atom stereocenters. The number of aryl methyl sites for hydroxylation is 1. The lowest BCUT2D eigenvalue weighted by Crippen LogP contribution is -2.40. The summed E-state index contributed by atoms with van der Waals surface area (Å²) in [5.74, 6) is 0. The van der Waals surface area contributed by atoms with Crippen molar-refractivity contribution in [3.05, 3.63) is 63.2 Å². The molecule has 146 valence electrons. The van der Waals surface area contributed by atoms with E-state index in [4.69, 9.17) is 11.6 Å². The minimum atomic E-state index is -4.00. The van der Waals surface area contributed by atoms with Crippen LogP contribution in [0.3, 0.4) is 0 Å². The number of sulfonamides is 1. The second-order valence-electron chi connectivity index (χ2n) is 6.16. The Hall–Kier alpha value is -2.12. The van der Waals surface area contributed by atoms with Gasteiger partial charge in [0.15, 0.2) is 0 Å². The minimum absolute atomic E-state index is 0.0969. The Morgan fingerprint density at radius 3 is 2.15 bits per heavy atom. The fraction of sp³-hybridized carbons (Fsp3) is 0.368. The lowest BCUT2D eigenvalue weighted by atomic mass is 10.1. The molecule has 0 heterocycles. The van der Waals surface area contributed by atoms with E-state index in [1.54, 1.807) is 12.1 Å². The summed E-state index contributed by atoms with van der Waals surface area (Å²) >= 11 is 5.84. The number of nitro groups is 1. The number of benzene rings is 2.